The summed E-state index contributed by atoms with van der Waals surface area (Å²) < 4.78 is 9.77. The van der Waals surface area contributed by atoms with Gasteiger partial charge >= 0.3 is 12.0 Å². The first-order valence-electron chi connectivity index (χ1n) is 8.88. The molecule has 4 amide bonds. The van der Waals surface area contributed by atoms with Gasteiger partial charge < -0.3 is 20.1 Å². The number of carbonyl (C=O) groups excluding carboxylic acids is 4. The topological polar surface area (TPSA) is 114 Å². The molecule has 26 heavy (non-hydrogen) atoms. The number of hydrogen-bond donors (Lipinski definition) is 2. The largest absolute Gasteiger partial charge is 0.454 e. The molecule has 0 aromatic rings. The van der Waals surface area contributed by atoms with E-state index in [1.807, 2.05) is 6.92 Å². The highest BCUT2D eigenvalue weighted by molar-refractivity contribution is 6.09. The summed E-state index contributed by atoms with van der Waals surface area (Å²) >= 11 is 0. The van der Waals surface area contributed by atoms with Crippen LogP contribution in [0.1, 0.15) is 39.5 Å². The molecule has 0 bridgehead atoms. The third-order valence-electron chi connectivity index (χ3n) is 4.98. The number of nitrogens with one attached hydrogen (secondary N) is 2. The number of methoxy groups -OCH3 is 1. The summed E-state index contributed by atoms with van der Waals surface area (Å²) in [7, 11) is 1.51. The van der Waals surface area contributed by atoms with E-state index >= 15 is 0 Å². The summed E-state index contributed by atoms with van der Waals surface area (Å²) in [5.74, 6) is -1.65. The van der Waals surface area contributed by atoms with Gasteiger partial charge in [-0.2, -0.15) is 0 Å². The van der Waals surface area contributed by atoms with Crippen LogP contribution in [0.3, 0.4) is 0 Å². The smallest absolute Gasteiger partial charge is 0.326 e. The SMILES string of the molecule is COCC(C)NC(=O)COC(=O)CN1C(=O)NC2(CCCCC2C)C1=O. The first-order valence-corrected chi connectivity index (χ1v) is 8.88. The van der Waals surface area contributed by atoms with Gasteiger partial charge in [-0.3, -0.25) is 19.3 Å². The quantitative estimate of drug-likeness (QED) is 0.489. The van der Waals surface area contributed by atoms with E-state index in [1.54, 1.807) is 6.92 Å². The maximum atomic E-state index is 12.7. The lowest BCUT2D eigenvalue weighted by Crippen LogP contribution is -2.54. The fraction of sp³-hybridized carbons (Fsp3) is 0.765. The highest BCUT2D eigenvalue weighted by Crippen LogP contribution is 2.38. The van der Waals surface area contributed by atoms with Gasteiger partial charge in [-0.25, -0.2) is 4.79 Å². The molecule has 1 saturated heterocycles. The van der Waals surface area contributed by atoms with Crippen LogP contribution in [0, 0.1) is 5.92 Å². The predicted octanol–water partition coefficient (Wildman–Crippen LogP) is 0.181. The van der Waals surface area contributed by atoms with Crippen molar-refractivity contribution in [1.29, 1.82) is 0 Å². The molecule has 0 radical (unpaired) electrons. The normalized spacial score (nSPS) is 26.6. The second kappa shape index (κ2) is 8.48. The minimum atomic E-state index is -0.914. The molecule has 1 aliphatic carbocycles. The van der Waals surface area contributed by atoms with E-state index in [0.29, 0.717) is 13.0 Å². The highest BCUT2D eigenvalue weighted by atomic mass is 16.5. The minimum Gasteiger partial charge on any atom is -0.454 e. The van der Waals surface area contributed by atoms with Crippen LogP contribution in [-0.4, -0.2) is 67.2 Å². The Hall–Kier alpha value is -2.16. The van der Waals surface area contributed by atoms with Gasteiger partial charge in [-0.1, -0.05) is 19.8 Å². The van der Waals surface area contributed by atoms with Crippen molar-refractivity contribution in [2.45, 2.75) is 51.1 Å². The maximum absolute atomic E-state index is 12.7. The molecular weight excluding hydrogens is 342 g/mol. The van der Waals surface area contributed by atoms with Gasteiger partial charge in [0.05, 0.1) is 6.61 Å². The van der Waals surface area contributed by atoms with E-state index in [2.05, 4.69) is 10.6 Å². The molecule has 1 aliphatic heterocycles. The Balaban J connectivity index is 1.86. The molecular formula is C17H27N3O6. The van der Waals surface area contributed by atoms with Crippen molar-refractivity contribution < 1.29 is 28.7 Å². The van der Waals surface area contributed by atoms with Crippen molar-refractivity contribution in [3.63, 3.8) is 0 Å². The van der Waals surface area contributed by atoms with Crippen molar-refractivity contribution in [3.05, 3.63) is 0 Å². The minimum absolute atomic E-state index is 0.0155. The molecule has 3 unspecified atom stereocenters. The number of rotatable bonds is 7. The molecule has 1 heterocycles. The Morgan fingerprint density at radius 1 is 1.38 bits per heavy atom. The van der Waals surface area contributed by atoms with Crippen molar-refractivity contribution in [1.82, 2.24) is 15.5 Å². The monoisotopic (exact) mass is 369 g/mol. The zero-order valence-electron chi connectivity index (χ0n) is 15.5. The van der Waals surface area contributed by atoms with Crippen molar-refractivity contribution >= 4 is 23.8 Å². The molecule has 0 aromatic heterocycles. The number of esters is 1. The number of urea groups is 1. The van der Waals surface area contributed by atoms with Crippen LogP contribution in [0.5, 0.6) is 0 Å². The second-order valence-corrected chi connectivity index (χ2v) is 7.02. The molecule has 2 aliphatic rings. The Morgan fingerprint density at radius 3 is 2.77 bits per heavy atom. The van der Waals surface area contributed by atoms with Gasteiger partial charge in [0.25, 0.3) is 11.8 Å². The van der Waals surface area contributed by atoms with Crippen LogP contribution in [0.4, 0.5) is 4.79 Å². The summed E-state index contributed by atoms with van der Waals surface area (Å²) in [6.45, 7) is 3.05. The zero-order valence-corrected chi connectivity index (χ0v) is 15.5. The molecule has 2 rings (SSSR count). The van der Waals surface area contributed by atoms with Crippen LogP contribution < -0.4 is 10.6 Å². The molecule has 9 nitrogen and oxygen atoms in total. The molecule has 1 spiro atoms. The summed E-state index contributed by atoms with van der Waals surface area (Å²) in [6, 6.07) is -0.802. The Kier molecular flexibility index (Phi) is 6.57. The van der Waals surface area contributed by atoms with Gasteiger partial charge in [0.15, 0.2) is 6.61 Å². The fourth-order valence-electron chi connectivity index (χ4n) is 3.57. The fourth-order valence-corrected chi connectivity index (χ4v) is 3.57. The van der Waals surface area contributed by atoms with Gasteiger partial charge in [0, 0.05) is 13.2 Å². The van der Waals surface area contributed by atoms with E-state index in [0.717, 1.165) is 24.2 Å². The lowest BCUT2D eigenvalue weighted by atomic mass is 9.73. The van der Waals surface area contributed by atoms with Gasteiger partial charge in [-0.15, -0.1) is 0 Å². The van der Waals surface area contributed by atoms with E-state index < -0.39 is 36.6 Å². The van der Waals surface area contributed by atoms with Crippen LogP contribution in [0.25, 0.3) is 0 Å². The lowest BCUT2D eigenvalue weighted by molar-refractivity contribution is -0.151. The summed E-state index contributed by atoms with van der Waals surface area (Å²) in [5.41, 5.74) is -0.914. The first-order chi connectivity index (χ1) is 12.3. The number of carbonyl (C=O) groups is 4. The average molecular weight is 369 g/mol. The van der Waals surface area contributed by atoms with E-state index in [4.69, 9.17) is 9.47 Å². The Bertz CT molecular complexity index is 581. The standard InChI is InChI=1S/C17H27N3O6/c1-11-6-4-5-7-17(11)15(23)20(16(24)19-17)8-14(22)26-10-13(21)18-12(2)9-25-3/h11-12H,4-10H2,1-3H3,(H,18,21)(H,19,24). The number of imide groups is 1. The van der Waals surface area contributed by atoms with E-state index in [1.165, 1.54) is 7.11 Å². The van der Waals surface area contributed by atoms with Crippen molar-refractivity contribution in [3.8, 4) is 0 Å². The highest BCUT2D eigenvalue weighted by Gasteiger charge is 2.55. The average Bonchev–Trinajstić information content (AvgIpc) is 2.81. The molecule has 2 fully saturated rings. The summed E-state index contributed by atoms with van der Waals surface area (Å²) in [4.78, 5) is 49.4. The number of nitrogens with zero attached hydrogens (tertiary/aromatic N) is 1. The summed E-state index contributed by atoms with van der Waals surface area (Å²) in [5, 5.41) is 5.36. The second-order valence-electron chi connectivity index (χ2n) is 7.02. The zero-order chi connectivity index (χ0) is 19.3. The third kappa shape index (κ3) is 4.32. The molecule has 3 atom stereocenters. The Labute approximate surface area is 152 Å². The molecule has 0 aromatic carbocycles. The van der Waals surface area contributed by atoms with E-state index in [-0.39, 0.29) is 17.9 Å². The maximum Gasteiger partial charge on any atom is 0.326 e. The van der Waals surface area contributed by atoms with Crippen molar-refractivity contribution in [2.75, 3.05) is 26.9 Å². The molecule has 2 N–H and O–H groups in total. The van der Waals surface area contributed by atoms with Crippen LogP contribution in [-0.2, 0) is 23.9 Å². The molecule has 146 valence electrons. The number of amides is 4. The predicted molar refractivity (Wildman–Crippen MR) is 91.0 cm³/mol. The van der Waals surface area contributed by atoms with Crippen LogP contribution in [0.2, 0.25) is 0 Å². The van der Waals surface area contributed by atoms with Gasteiger partial charge in [0.1, 0.15) is 12.1 Å². The Morgan fingerprint density at radius 2 is 2.12 bits per heavy atom. The first kappa shape index (κ1) is 20.2. The summed E-state index contributed by atoms with van der Waals surface area (Å²) in [6.07, 6.45) is 3.30. The number of hydrogen-bond acceptors (Lipinski definition) is 6. The van der Waals surface area contributed by atoms with Gasteiger partial charge in [-0.05, 0) is 25.7 Å². The van der Waals surface area contributed by atoms with E-state index in [9.17, 15) is 19.2 Å². The molecule has 9 heteroatoms. The third-order valence-corrected chi connectivity index (χ3v) is 4.98. The van der Waals surface area contributed by atoms with Gasteiger partial charge in [0.2, 0.25) is 0 Å². The van der Waals surface area contributed by atoms with Crippen LogP contribution in [0.15, 0.2) is 0 Å². The van der Waals surface area contributed by atoms with Crippen molar-refractivity contribution in [2.24, 2.45) is 5.92 Å². The molecule has 1 saturated carbocycles. The number of ether oxygens (including phenoxy) is 2. The lowest BCUT2D eigenvalue weighted by Gasteiger charge is -2.36. The van der Waals surface area contributed by atoms with Crippen LogP contribution >= 0.6 is 0 Å².